The number of aliphatic hydroxyl groups is 1. The summed E-state index contributed by atoms with van der Waals surface area (Å²) in [6.07, 6.45) is 1.63. The van der Waals surface area contributed by atoms with Crippen LogP contribution in [-0.2, 0) is 0 Å². The second-order valence-electron chi connectivity index (χ2n) is 3.71. The number of nitrogens with one attached hydrogen (secondary N) is 1. The SMILES string of the molecule is CCCC(O)CNC(C)c1ccc(Cl)s1. The summed E-state index contributed by atoms with van der Waals surface area (Å²) >= 11 is 7.44. The van der Waals surface area contributed by atoms with Gasteiger partial charge in [-0.2, -0.15) is 0 Å². The molecule has 0 aliphatic heterocycles. The largest absolute Gasteiger partial charge is 0.392 e. The molecule has 2 unspecified atom stereocenters. The summed E-state index contributed by atoms with van der Waals surface area (Å²) in [5.41, 5.74) is 0. The highest BCUT2D eigenvalue weighted by Gasteiger charge is 2.09. The lowest BCUT2D eigenvalue weighted by Gasteiger charge is -2.15. The van der Waals surface area contributed by atoms with Crippen LogP contribution in [0.4, 0.5) is 0 Å². The van der Waals surface area contributed by atoms with Crippen molar-refractivity contribution in [2.45, 2.75) is 38.8 Å². The molecule has 2 atom stereocenters. The van der Waals surface area contributed by atoms with E-state index in [4.69, 9.17) is 11.6 Å². The molecule has 0 radical (unpaired) electrons. The standard InChI is InChI=1S/C11H18ClNOS/c1-3-4-9(14)7-13-8(2)10-5-6-11(12)15-10/h5-6,8-9,13-14H,3-4,7H2,1-2H3. The Morgan fingerprint density at radius 3 is 2.80 bits per heavy atom. The molecule has 0 saturated heterocycles. The van der Waals surface area contributed by atoms with Crippen molar-refractivity contribution in [2.75, 3.05) is 6.54 Å². The minimum atomic E-state index is -0.243. The van der Waals surface area contributed by atoms with Gasteiger partial charge >= 0.3 is 0 Å². The Hall–Kier alpha value is -0.0900. The maximum atomic E-state index is 9.57. The predicted molar refractivity (Wildman–Crippen MR) is 66.7 cm³/mol. The zero-order chi connectivity index (χ0) is 11.3. The first-order valence-corrected chi connectivity index (χ1v) is 6.49. The second-order valence-corrected chi connectivity index (χ2v) is 5.46. The molecule has 1 aromatic rings. The predicted octanol–water partition coefficient (Wildman–Crippen LogP) is 3.21. The molecule has 15 heavy (non-hydrogen) atoms. The highest BCUT2D eigenvalue weighted by atomic mass is 35.5. The van der Waals surface area contributed by atoms with Crippen molar-refractivity contribution in [3.05, 3.63) is 21.3 Å². The molecular weight excluding hydrogens is 230 g/mol. The van der Waals surface area contributed by atoms with Gasteiger partial charge in [0.2, 0.25) is 0 Å². The Morgan fingerprint density at radius 1 is 1.53 bits per heavy atom. The van der Waals surface area contributed by atoms with Crippen molar-refractivity contribution >= 4 is 22.9 Å². The molecule has 0 fully saturated rings. The highest BCUT2D eigenvalue weighted by Crippen LogP contribution is 2.26. The average molecular weight is 248 g/mol. The van der Waals surface area contributed by atoms with E-state index in [1.807, 2.05) is 12.1 Å². The van der Waals surface area contributed by atoms with Crippen molar-refractivity contribution in [1.82, 2.24) is 5.32 Å². The normalized spacial score (nSPS) is 15.2. The number of aliphatic hydroxyl groups excluding tert-OH is 1. The van der Waals surface area contributed by atoms with Gasteiger partial charge in [-0.1, -0.05) is 24.9 Å². The van der Waals surface area contributed by atoms with Crippen LogP contribution in [0.3, 0.4) is 0 Å². The second kappa shape index (κ2) is 6.48. The van der Waals surface area contributed by atoms with Crippen molar-refractivity contribution in [2.24, 2.45) is 0 Å². The minimum Gasteiger partial charge on any atom is -0.392 e. The van der Waals surface area contributed by atoms with Gasteiger partial charge in [0.1, 0.15) is 0 Å². The van der Waals surface area contributed by atoms with Gasteiger partial charge in [0.25, 0.3) is 0 Å². The maximum absolute atomic E-state index is 9.57. The van der Waals surface area contributed by atoms with Gasteiger partial charge in [-0.15, -0.1) is 11.3 Å². The number of halogens is 1. The molecule has 0 aliphatic rings. The molecule has 86 valence electrons. The van der Waals surface area contributed by atoms with E-state index in [0.717, 1.165) is 17.2 Å². The van der Waals surface area contributed by atoms with Crippen LogP contribution in [0.15, 0.2) is 12.1 Å². The Bertz CT molecular complexity index is 290. The molecule has 0 aromatic carbocycles. The van der Waals surface area contributed by atoms with E-state index < -0.39 is 0 Å². The van der Waals surface area contributed by atoms with Crippen LogP contribution in [0.25, 0.3) is 0 Å². The summed E-state index contributed by atoms with van der Waals surface area (Å²) in [7, 11) is 0. The number of hydrogen-bond acceptors (Lipinski definition) is 3. The Morgan fingerprint density at radius 2 is 2.27 bits per heavy atom. The van der Waals surface area contributed by atoms with Crippen LogP contribution >= 0.6 is 22.9 Å². The van der Waals surface area contributed by atoms with E-state index in [0.29, 0.717) is 6.54 Å². The van der Waals surface area contributed by atoms with Gasteiger partial charge < -0.3 is 10.4 Å². The van der Waals surface area contributed by atoms with Crippen LogP contribution in [0, 0.1) is 0 Å². The molecule has 0 saturated carbocycles. The molecular formula is C11H18ClNOS. The van der Waals surface area contributed by atoms with E-state index in [2.05, 4.69) is 19.2 Å². The fourth-order valence-corrected chi connectivity index (χ4v) is 2.50. The van der Waals surface area contributed by atoms with Crippen LogP contribution in [0.2, 0.25) is 4.34 Å². The first kappa shape index (κ1) is 13.0. The van der Waals surface area contributed by atoms with Crippen molar-refractivity contribution in [1.29, 1.82) is 0 Å². The highest BCUT2D eigenvalue weighted by molar-refractivity contribution is 7.16. The number of hydrogen-bond donors (Lipinski definition) is 2. The fourth-order valence-electron chi connectivity index (χ4n) is 1.41. The summed E-state index contributed by atoms with van der Waals surface area (Å²) in [5.74, 6) is 0. The Kier molecular flexibility index (Phi) is 5.61. The summed E-state index contributed by atoms with van der Waals surface area (Å²) in [6, 6.07) is 4.19. The lowest BCUT2D eigenvalue weighted by molar-refractivity contribution is 0.157. The first-order valence-electron chi connectivity index (χ1n) is 5.30. The summed E-state index contributed by atoms with van der Waals surface area (Å²) in [4.78, 5) is 1.21. The van der Waals surface area contributed by atoms with Crippen LogP contribution < -0.4 is 5.32 Å². The average Bonchev–Trinajstić information content (AvgIpc) is 2.62. The molecule has 0 spiro atoms. The topological polar surface area (TPSA) is 32.3 Å². The van der Waals surface area contributed by atoms with Gasteiger partial charge in [-0.25, -0.2) is 0 Å². The molecule has 2 N–H and O–H groups in total. The van der Waals surface area contributed by atoms with Crippen molar-refractivity contribution in [3.63, 3.8) is 0 Å². The van der Waals surface area contributed by atoms with Crippen molar-refractivity contribution in [3.8, 4) is 0 Å². The lowest BCUT2D eigenvalue weighted by Crippen LogP contribution is -2.28. The zero-order valence-electron chi connectivity index (χ0n) is 9.16. The minimum absolute atomic E-state index is 0.243. The van der Waals surface area contributed by atoms with E-state index in [1.165, 1.54) is 4.88 Å². The van der Waals surface area contributed by atoms with E-state index in [1.54, 1.807) is 11.3 Å². The molecule has 2 nitrogen and oxygen atoms in total. The number of rotatable bonds is 6. The number of thiophene rings is 1. The van der Waals surface area contributed by atoms with E-state index in [-0.39, 0.29) is 12.1 Å². The third-order valence-electron chi connectivity index (χ3n) is 2.30. The summed E-state index contributed by atoms with van der Waals surface area (Å²) in [6.45, 7) is 4.80. The van der Waals surface area contributed by atoms with Gasteiger partial charge in [0.05, 0.1) is 10.4 Å². The Balaban J connectivity index is 2.33. The molecule has 1 aromatic heterocycles. The monoisotopic (exact) mass is 247 g/mol. The van der Waals surface area contributed by atoms with E-state index in [9.17, 15) is 5.11 Å². The van der Waals surface area contributed by atoms with Gasteiger partial charge in [-0.05, 0) is 25.5 Å². The summed E-state index contributed by atoms with van der Waals surface area (Å²) in [5, 5.41) is 12.9. The van der Waals surface area contributed by atoms with Crippen LogP contribution in [0.1, 0.15) is 37.6 Å². The molecule has 0 aliphatic carbocycles. The molecule has 4 heteroatoms. The van der Waals surface area contributed by atoms with Crippen LogP contribution in [-0.4, -0.2) is 17.8 Å². The third-order valence-corrected chi connectivity index (χ3v) is 3.72. The smallest absolute Gasteiger partial charge is 0.0931 e. The Labute approximate surface area is 100 Å². The quantitative estimate of drug-likeness (QED) is 0.809. The maximum Gasteiger partial charge on any atom is 0.0931 e. The third kappa shape index (κ3) is 4.51. The van der Waals surface area contributed by atoms with Gasteiger partial charge in [0.15, 0.2) is 0 Å². The molecule has 1 heterocycles. The fraction of sp³-hybridized carbons (Fsp3) is 0.636. The zero-order valence-corrected chi connectivity index (χ0v) is 10.7. The molecule has 0 amide bonds. The van der Waals surface area contributed by atoms with Crippen LogP contribution in [0.5, 0.6) is 0 Å². The first-order chi connectivity index (χ1) is 7.13. The molecule has 0 bridgehead atoms. The summed E-state index contributed by atoms with van der Waals surface area (Å²) < 4.78 is 0.813. The van der Waals surface area contributed by atoms with Gasteiger partial charge in [-0.3, -0.25) is 0 Å². The van der Waals surface area contributed by atoms with E-state index >= 15 is 0 Å². The molecule has 1 rings (SSSR count). The van der Waals surface area contributed by atoms with Crippen molar-refractivity contribution < 1.29 is 5.11 Å². The lowest BCUT2D eigenvalue weighted by atomic mass is 10.2. The van der Waals surface area contributed by atoms with Gasteiger partial charge in [0, 0.05) is 17.5 Å².